The third kappa shape index (κ3) is 52.4. The number of carboxylic acids is 2. The van der Waals surface area contributed by atoms with Crippen molar-refractivity contribution in [1.29, 1.82) is 0 Å². The SMILES string of the molecule is ClC(Cl)Cl.ClC(Cl)Cl.ClC(Cl)Cl.ClC(Cl)Cl.O=C(O)/C=C/c1ccncc1.O=C(O)/C=C/c1ccncc1.O=S(=O)([O-])C(F)(F)F.O=S(=O)([O-])C(F)(F)F.[Fe+2].[Pt+2].c1ccc(P(c2ccccc2)[c-]2cccc2)cc1.c1ccc(P(c2ccccc2)[c-]2cccc2)cc1. The van der Waals surface area contributed by atoms with Gasteiger partial charge in [-0.05, 0) is 68.8 Å². The second-order valence-corrected chi connectivity index (χ2v) is 30.1. The van der Waals surface area contributed by atoms with Crippen LogP contribution in [0.4, 0.5) is 26.3 Å². The maximum Gasteiger partial charge on any atom is 2.00 e. The van der Waals surface area contributed by atoms with Gasteiger partial charge in [-0.1, -0.05) is 276 Å². The zero-order valence-corrected chi connectivity index (χ0v) is 61.5. The van der Waals surface area contributed by atoms with Gasteiger partial charge < -0.3 is 19.3 Å². The minimum absolute atomic E-state index is 0. The van der Waals surface area contributed by atoms with Gasteiger partial charge in [0.2, 0.25) is 0 Å². The van der Waals surface area contributed by atoms with Gasteiger partial charge in [0.05, 0.1) is 0 Å². The molecule has 36 heteroatoms. The quantitative estimate of drug-likeness (QED) is 0.0191. The molecule has 0 saturated heterocycles. The van der Waals surface area contributed by atoms with Crippen LogP contribution in [0.25, 0.3) is 12.2 Å². The summed E-state index contributed by atoms with van der Waals surface area (Å²) in [5, 5.41) is 25.0. The smallest absolute Gasteiger partial charge is 0.741 e. The molecule has 0 aliphatic rings. The number of rotatable bonds is 10. The molecule has 0 aliphatic carbocycles. The number of halogens is 18. The summed E-state index contributed by atoms with van der Waals surface area (Å²) in [5.74, 6) is -1.89. The minimum atomic E-state index is -6.09. The van der Waals surface area contributed by atoms with Gasteiger partial charge in [0, 0.05) is 36.9 Å². The molecule has 2 N–H and O–H groups in total. The Morgan fingerprint density at radius 1 is 0.413 bits per heavy atom. The monoisotopic (exact) mass is 1820 g/mol. The van der Waals surface area contributed by atoms with Gasteiger partial charge >= 0.3 is 61.1 Å². The Balaban J connectivity index is -0.000000491. The summed E-state index contributed by atoms with van der Waals surface area (Å²) < 4.78 is 115. The number of carbonyl (C=O) groups is 2. The average molecular weight is 1820 g/mol. The van der Waals surface area contributed by atoms with Crippen LogP contribution in [0.5, 0.6) is 0 Å². The second-order valence-electron chi connectivity index (χ2n) is 15.0. The molecule has 506 valence electrons. The van der Waals surface area contributed by atoms with Crippen LogP contribution >= 0.6 is 155 Å². The molecular weight excluding hydrogens is 1780 g/mol. The predicted molar refractivity (Wildman–Crippen MR) is 360 cm³/mol. The van der Waals surface area contributed by atoms with E-state index >= 15 is 0 Å². The fraction of sp³-hybridized carbons (Fsp3) is 0.107. The van der Waals surface area contributed by atoms with Crippen molar-refractivity contribution in [3.8, 4) is 0 Å². The van der Waals surface area contributed by atoms with E-state index in [-0.39, 0.29) is 38.1 Å². The molecule has 12 nitrogen and oxygen atoms in total. The standard InChI is InChI=1S/2C17H14P.2C8H7NO2.4CHCl3.2CHF3O3S.Fe.Pt/c2*1-3-9-15(10-4-1)18(17-13-7-8-14-17)16-11-5-2-6-12-16;2*10-8(11)2-1-7-3-5-9-6-4-7;4*2-1(3)4;2*2-1(3,4)8(5,6)7;;/h2*1-14H;2*1-6H,(H,10,11);4*1H;2*(H,5,6,7);;/q2*-1;;;;;;;;;2*+2/p-2/b;;2*2-1+;;;;;;;;. The number of aromatic nitrogens is 2. The van der Waals surface area contributed by atoms with Gasteiger partial charge in [0.25, 0.3) is 0 Å². The van der Waals surface area contributed by atoms with Crippen molar-refractivity contribution in [2.45, 2.75) is 28.2 Å². The first-order valence-electron chi connectivity index (χ1n) is 23.5. The summed E-state index contributed by atoms with van der Waals surface area (Å²) >= 11 is 57.7. The number of aliphatic carboxylic acids is 2. The molecule has 0 fully saturated rings. The third-order valence-electron chi connectivity index (χ3n) is 8.68. The first-order chi connectivity index (χ1) is 41.9. The normalized spacial score (nSPS) is 10.6. The maximum atomic E-state index is 10.7. The molecule has 8 aromatic rings. The minimum Gasteiger partial charge on any atom is -0.741 e. The van der Waals surface area contributed by atoms with Gasteiger partial charge in [0.15, 0.2) is 37.4 Å². The van der Waals surface area contributed by atoms with Gasteiger partial charge in [-0.25, -0.2) is 50.7 Å². The van der Waals surface area contributed by atoms with Crippen molar-refractivity contribution in [2.24, 2.45) is 0 Å². The predicted octanol–water partition coefficient (Wildman–Crippen LogP) is 16.7. The van der Waals surface area contributed by atoms with E-state index in [2.05, 4.69) is 180 Å². The van der Waals surface area contributed by atoms with Crippen LogP contribution in [0.15, 0.2) is 231 Å². The number of hydrogen-bond donors (Lipinski definition) is 2. The van der Waals surface area contributed by atoms with Gasteiger partial charge in [-0.15, -0.1) is 10.6 Å². The van der Waals surface area contributed by atoms with Crippen LogP contribution in [0.2, 0.25) is 0 Å². The fourth-order valence-corrected chi connectivity index (χ4v) is 10.1. The topological polar surface area (TPSA) is 215 Å². The van der Waals surface area contributed by atoms with Crippen molar-refractivity contribution in [3.05, 3.63) is 242 Å². The molecule has 0 spiro atoms. The second kappa shape index (κ2) is 54.3. The Morgan fingerprint density at radius 3 is 0.739 bits per heavy atom. The molecular formula is C56H46Cl12F6FeN2O10P2PtS2. The molecule has 92 heavy (non-hydrogen) atoms. The number of carboxylic acid groups (broad SMARTS) is 2. The maximum absolute atomic E-state index is 10.7. The van der Waals surface area contributed by atoms with Crippen LogP contribution in [0, 0.1) is 0 Å². The van der Waals surface area contributed by atoms with Crippen LogP contribution in [-0.2, 0) is 68.0 Å². The molecule has 6 aromatic carbocycles. The summed E-state index contributed by atoms with van der Waals surface area (Å²) in [4.78, 5) is 27.7. The van der Waals surface area contributed by atoms with Gasteiger partial charge in [0.1, 0.15) is 0 Å². The van der Waals surface area contributed by atoms with Crippen LogP contribution in [0.3, 0.4) is 0 Å². The molecule has 0 aliphatic heterocycles. The average Bonchev–Trinajstić information content (AvgIpc) is 1.55. The van der Waals surface area contributed by atoms with E-state index in [4.69, 9.17) is 175 Å². The zero-order valence-electron chi connectivity index (χ0n) is 45.6. The number of alkyl halides is 18. The zero-order chi connectivity index (χ0) is 68.9. The summed E-state index contributed by atoms with van der Waals surface area (Å²) in [7, 11) is -13.0. The van der Waals surface area contributed by atoms with E-state index in [0.717, 1.165) is 23.3 Å². The van der Waals surface area contributed by atoms with Crippen molar-refractivity contribution < 1.29 is 110 Å². The largest absolute Gasteiger partial charge is 2.00 e. The molecule has 0 radical (unpaired) electrons. The van der Waals surface area contributed by atoms with E-state index in [9.17, 15) is 35.9 Å². The van der Waals surface area contributed by atoms with Gasteiger partial charge in [-0.2, -0.15) is 50.6 Å². The first kappa shape index (κ1) is 95.6. The molecule has 2 heterocycles. The third-order valence-corrected chi connectivity index (χ3v) is 14.7. The van der Waals surface area contributed by atoms with E-state index in [1.165, 1.54) is 44.0 Å². The number of benzene rings is 4. The Bertz CT molecular complexity index is 3080. The summed E-state index contributed by atoms with van der Waals surface area (Å²) in [5.41, 5.74) is -9.62. The van der Waals surface area contributed by atoms with Crippen LogP contribution in [0.1, 0.15) is 11.1 Å². The Labute approximate surface area is 615 Å². The Morgan fingerprint density at radius 2 is 0.587 bits per heavy atom. The summed E-state index contributed by atoms with van der Waals surface area (Å²) in [6.45, 7) is 0. The first-order valence-corrected chi connectivity index (χ1v) is 34.2. The van der Waals surface area contributed by atoms with Crippen LogP contribution in [-0.4, -0.2) is 86.3 Å². The Kier molecular flexibility index (Phi) is 56.4. The molecule has 2 aromatic heterocycles. The molecule has 0 saturated carbocycles. The van der Waals surface area contributed by atoms with E-state index in [1.54, 1.807) is 49.1 Å². The summed E-state index contributed by atoms with van der Waals surface area (Å²) in [6.07, 6.45) is 11.7. The molecule has 0 amide bonds. The fourth-order valence-electron chi connectivity index (χ4n) is 5.51. The van der Waals surface area contributed by atoms with Crippen molar-refractivity contribution in [2.75, 3.05) is 0 Å². The molecule has 0 unspecified atom stereocenters. The molecule has 0 atom stereocenters. The Hall–Kier alpha value is -2.75. The van der Waals surface area contributed by atoms with Crippen molar-refractivity contribution in [1.82, 2.24) is 9.97 Å². The van der Waals surface area contributed by atoms with E-state index in [1.807, 2.05) is 0 Å². The van der Waals surface area contributed by atoms with E-state index in [0.29, 0.717) is 0 Å². The van der Waals surface area contributed by atoms with E-state index < -0.39 is 76.2 Å². The summed E-state index contributed by atoms with van der Waals surface area (Å²) in [6, 6.07) is 67.4. The number of nitrogens with zero attached hydrogens (tertiary/aromatic N) is 2. The van der Waals surface area contributed by atoms with Crippen molar-refractivity contribution >= 4 is 231 Å². The number of hydrogen-bond acceptors (Lipinski definition) is 10. The molecule has 8 rings (SSSR count). The molecule has 0 bridgehead atoms. The van der Waals surface area contributed by atoms with Gasteiger partial charge in [-0.3, -0.25) is 9.97 Å². The number of pyridine rings is 2. The van der Waals surface area contributed by atoms with Crippen LogP contribution < -0.4 is 31.8 Å². The van der Waals surface area contributed by atoms with Crippen molar-refractivity contribution in [3.63, 3.8) is 0 Å².